The molecule has 0 atom stereocenters. The molecule has 5 rings (SSSR count). The molecular weight excluding hydrogens is 238 g/mol. The average molecular weight is 261 g/mol. The van der Waals surface area contributed by atoms with E-state index < -0.39 is 5.54 Å². The molecule has 4 aliphatic rings. The third-order valence-electron chi connectivity index (χ3n) is 5.53. The summed E-state index contributed by atoms with van der Waals surface area (Å²) in [5, 5.41) is 12.4. The van der Waals surface area contributed by atoms with Crippen molar-refractivity contribution < 1.29 is 0 Å². The number of aromatic nitrogens is 4. The Balaban J connectivity index is 1.72. The second-order valence-corrected chi connectivity index (χ2v) is 7.59. The number of hydrogen-bond donors (Lipinski definition) is 1. The smallest absolute Gasteiger partial charge is 0.170 e. The molecule has 4 saturated carbocycles. The van der Waals surface area contributed by atoms with Crippen LogP contribution in [0.25, 0.3) is 0 Å². The molecule has 0 spiro atoms. The van der Waals surface area contributed by atoms with Gasteiger partial charge in [0.2, 0.25) is 0 Å². The van der Waals surface area contributed by atoms with Crippen LogP contribution in [0, 0.1) is 23.7 Å². The molecule has 104 valence electrons. The molecule has 5 nitrogen and oxygen atoms in total. The van der Waals surface area contributed by atoms with Crippen molar-refractivity contribution in [3.05, 3.63) is 5.82 Å². The normalized spacial score (nSPS) is 40.9. The van der Waals surface area contributed by atoms with Gasteiger partial charge in [-0.1, -0.05) is 0 Å². The van der Waals surface area contributed by atoms with Crippen LogP contribution in [-0.2, 0) is 5.54 Å². The van der Waals surface area contributed by atoms with Gasteiger partial charge >= 0.3 is 0 Å². The van der Waals surface area contributed by atoms with E-state index in [2.05, 4.69) is 20.2 Å². The van der Waals surface area contributed by atoms with E-state index in [1.54, 1.807) is 0 Å². The van der Waals surface area contributed by atoms with Gasteiger partial charge in [0.05, 0.1) is 11.6 Å². The minimum atomic E-state index is -0.460. The lowest BCUT2D eigenvalue weighted by Gasteiger charge is -2.54. The van der Waals surface area contributed by atoms with E-state index >= 15 is 0 Å². The third kappa shape index (κ3) is 1.74. The summed E-state index contributed by atoms with van der Waals surface area (Å²) < 4.78 is 2.08. The molecule has 0 aliphatic heterocycles. The van der Waals surface area contributed by atoms with E-state index in [0.29, 0.717) is 6.04 Å². The fourth-order valence-electron chi connectivity index (χ4n) is 5.11. The maximum absolute atomic E-state index is 6.23. The van der Waals surface area contributed by atoms with Gasteiger partial charge in [0.15, 0.2) is 5.82 Å². The Labute approximate surface area is 113 Å². The highest BCUT2D eigenvalue weighted by molar-refractivity contribution is 5.05. The second-order valence-electron chi connectivity index (χ2n) is 7.59. The molecule has 1 aromatic rings. The zero-order valence-electron chi connectivity index (χ0n) is 11.8. The summed E-state index contributed by atoms with van der Waals surface area (Å²) in [6, 6.07) is 0.501. The fraction of sp³-hybridized carbons (Fsp3) is 0.929. The van der Waals surface area contributed by atoms with Gasteiger partial charge in [-0.2, -0.15) is 0 Å². The lowest BCUT2D eigenvalue weighted by Crippen LogP contribution is -2.47. The van der Waals surface area contributed by atoms with Gasteiger partial charge in [0.1, 0.15) is 0 Å². The highest BCUT2D eigenvalue weighted by atomic mass is 15.6. The van der Waals surface area contributed by atoms with Crippen molar-refractivity contribution in [3.8, 4) is 0 Å². The van der Waals surface area contributed by atoms with Crippen LogP contribution in [0.1, 0.15) is 57.8 Å². The van der Waals surface area contributed by atoms with E-state index in [1.807, 2.05) is 13.8 Å². The van der Waals surface area contributed by atoms with Crippen LogP contribution in [0.2, 0.25) is 0 Å². The largest absolute Gasteiger partial charge is 0.319 e. The summed E-state index contributed by atoms with van der Waals surface area (Å²) in [5.74, 6) is 4.36. The molecule has 0 radical (unpaired) electrons. The highest BCUT2D eigenvalue weighted by Gasteiger charge is 2.50. The van der Waals surface area contributed by atoms with Crippen molar-refractivity contribution in [2.45, 2.75) is 57.5 Å². The number of nitrogens with zero attached hydrogens (tertiary/aromatic N) is 4. The van der Waals surface area contributed by atoms with Gasteiger partial charge in [0, 0.05) is 0 Å². The maximum Gasteiger partial charge on any atom is 0.170 e. The van der Waals surface area contributed by atoms with Crippen molar-refractivity contribution in [2.75, 3.05) is 0 Å². The Kier molecular flexibility index (Phi) is 2.35. The molecule has 5 heteroatoms. The first-order valence-corrected chi connectivity index (χ1v) is 7.59. The van der Waals surface area contributed by atoms with E-state index in [-0.39, 0.29) is 0 Å². The summed E-state index contributed by atoms with van der Waals surface area (Å²) in [4.78, 5) is 0. The summed E-state index contributed by atoms with van der Waals surface area (Å²) in [6.07, 6.45) is 6.98. The quantitative estimate of drug-likeness (QED) is 0.882. The molecule has 4 fully saturated rings. The van der Waals surface area contributed by atoms with Crippen LogP contribution in [0.3, 0.4) is 0 Å². The SMILES string of the molecule is CC(C)(N)c1nnnn1C1C2CC3CC(C2)CC1C3. The molecule has 0 saturated heterocycles. The van der Waals surface area contributed by atoms with Crippen molar-refractivity contribution in [2.24, 2.45) is 29.4 Å². The number of hydrogen-bond acceptors (Lipinski definition) is 4. The van der Waals surface area contributed by atoms with Gasteiger partial charge in [-0.3, -0.25) is 0 Å². The predicted octanol–water partition coefficient (Wildman–Crippen LogP) is 1.86. The van der Waals surface area contributed by atoms with E-state index in [4.69, 9.17) is 5.73 Å². The van der Waals surface area contributed by atoms with E-state index in [0.717, 1.165) is 29.5 Å². The van der Waals surface area contributed by atoms with Crippen LogP contribution < -0.4 is 5.73 Å². The Hall–Kier alpha value is -0.970. The van der Waals surface area contributed by atoms with Gasteiger partial charge < -0.3 is 5.73 Å². The summed E-state index contributed by atoms with van der Waals surface area (Å²) in [6.45, 7) is 3.98. The van der Waals surface area contributed by atoms with Gasteiger partial charge in [-0.15, -0.1) is 5.10 Å². The molecule has 1 heterocycles. The zero-order valence-corrected chi connectivity index (χ0v) is 11.8. The number of rotatable bonds is 2. The fourth-order valence-corrected chi connectivity index (χ4v) is 5.11. The topological polar surface area (TPSA) is 69.6 Å². The Bertz CT molecular complexity index is 458. The lowest BCUT2D eigenvalue weighted by atomic mass is 9.54. The Morgan fingerprint density at radius 3 is 2.16 bits per heavy atom. The van der Waals surface area contributed by atoms with Crippen LogP contribution in [0.15, 0.2) is 0 Å². The number of tetrazole rings is 1. The molecule has 0 amide bonds. The van der Waals surface area contributed by atoms with Crippen molar-refractivity contribution >= 4 is 0 Å². The van der Waals surface area contributed by atoms with Crippen molar-refractivity contribution in [1.29, 1.82) is 0 Å². The molecule has 4 bridgehead atoms. The lowest BCUT2D eigenvalue weighted by molar-refractivity contribution is -0.0362. The van der Waals surface area contributed by atoms with Crippen molar-refractivity contribution in [3.63, 3.8) is 0 Å². The highest BCUT2D eigenvalue weighted by Crippen LogP contribution is 2.58. The second kappa shape index (κ2) is 3.78. The van der Waals surface area contributed by atoms with Gasteiger partial charge in [-0.25, -0.2) is 4.68 Å². The molecule has 0 aromatic carbocycles. The van der Waals surface area contributed by atoms with Gasteiger partial charge in [0.25, 0.3) is 0 Å². The minimum Gasteiger partial charge on any atom is -0.319 e. The minimum absolute atomic E-state index is 0.460. The monoisotopic (exact) mass is 261 g/mol. The summed E-state index contributed by atoms with van der Waals surface area (Å²) in [5.41, 5.74) is 5.77. The van der Waals surface area contributed by atoms with Crippen molar-refractivity contribution in [1.82, 2.24) is 20.2 Å². The molecule has 4 aliphatic carbocycles. The predicted molar refractivity (Wildman–Crippen MR) is 71.1 cm³/mol. The van der Waals surface area contributed by atoms with Crippen LogP contribution in [0.4, 0.5) is 0 Å². The Morgan fingerprint density at radius 1 is 1.05 bits per heavy atom. The molecular formula is C14H23N5. The van der Waals surface area contributed by atoms with Gasteiger partial charge in [-0.05, 0) is 80.0 Å². The van der Waals surface area contributed by atoms with E-state index in [9.17, 15) is 0 Å². The number of nitrogens with two attached hydrogens (primary N) is 1. The van der Waals surface area contributed by atoms with Crippen LogP contribution in [0.5, 0.6) is 0 Å². The summed E-state index contributed by atoms with van der Waals surface area (Å²) in [7, 11) is 0. The van der Waals surface area contributed by atoms with E-state index in [1.165, 1.54) is 32.1 Å². The first-order chi connectivity index (χ1) is 9.02. The van der Waals surface area contributed by atoms with Crippen LogP contribution in [-0.4, -0.2) is 20.2 Å². The third-order valence-corrected chi connectivity index (χ3v) is 5.53. The van der Waals surface area contributed by atoms with Crippen LogP contribution >= 0.6 is 0 Å². The first-order valence-electron chi connectivity index (χ1n) is 7.59. The first kappa shape index (κ1) is 11.8. The maximum atomic E-state index is 6.23. The standard InChI is InChI=1S/C14H23N5/c1-14(2,15)13-16-17-18-19(13)12-10-4-8-3-9(6-10)7-11(12)5-8/h8-12H,3-7,15H2,1-2H3. The molecule has 19 heavy (non-hydrogen) atoms. The summed E-state index contributed by atoms with van der Waals surface area (Å²) >= 11 is 0. The Morgan fingerprint density at radius 2 is 1.63 bits per heavy atom. The average Bonchev–Trinajstić information content (AvgIpc) is 2.76. The zero-order chi connectivity index (χ0) is 13.2. The molecule has 1 aromatic heterocycles. The molecule has 0 unspecified atom stereocenters. The molecule has 2 N–H and O–H groups in total.